The molecule has 5 nitrogen and oxygen atoms in total. The summed E-state index contributed by atoms with van der Waals surface area (Å²) in [5.74, 6) is 5.15. The van der Waals surface area contributed by atoms with Gasteiger partial charge in [0.1, 0.15) is 0 Å². The van der Waals surface area contributed by atoms with Crippen LogP contribution in [-0.2, 0) is 4.79 Å². The molecule has 0 saturated carbocycles. The van der Waals surface area contributed by atoms with Gasteiger partial charge < -0.3 is 4.90 Å². The van der Waals surface area contributed by atoms with Crippen molar-refractivity contribution in [3.8, 4) is 0 Å². The molecule has 0 unspecified atom stereocenters. The summed E-state index contributed by atoms with van der Waals surface area (Å²) < 4.78 is 0. The Morgan fingerprint density at radius 1 is 1.36 bits per heavy atom. The predicted octanol–water partition coefficient (Wildman–Crippen LogP) is -1.82. The number of carbonyl (C=O) groups is 1. The van der Waals surface area contributed by atoms with Crippen LogP contribution in [0.4, 0.5) is 0 Å². The van der Waals surface area contributed by atoms with Crippen LogP contribution in [0.5, 0.6) is 0 Å². The van der Waals surface area contributed by atoms with Gasteiger partial charge in [-0.1, -0.05) is 0 Å². The summed E-state index contributed by atoms with van der Waals surface area (Å²) in [6.07, 6.45) is 0.896. The van der Waals surface area contributed by atoms with E-state index in [2.05, 4.69) is 10.3 Å². The van der Waals surface area contributed by atoms with Crippen LogP contribution < -0.4 is 11.3 Å². The van der Waals surface area contributed by atoms with E-state index in [1.165, 1.54) is 0 Å². The van der Waals surface area contributed by atoms with E-state index in [-0.39, 0.29) is 0 Å². The minimum absolute atomic E-state index is 0.701. The number of nitrogens with two attached hydrogens (primary N) is 1. The molecule has 1 heterocycles. The predicted molar refractivity (Wildman–Crippen MR) is 41.4 cm³/mol. The van der Waals surface area contributed by atoms with Crippen LogP contribution in [0.2, 0.25) is 0 Å². The average molecular weight is 158 g/mol. The summed E-state index contributed by atoms with van der Waals surface area (Å²) in [6.45, 7) is 4.13. The van der Waals surface area contributed by atoms with Crippen molar-refractivity contribution in [3.63, 3.8) is 0 Å². The molecule has 0 atom stereocenters. The molecule has 0 aliphatic carbocycles. The average Bonchev–Trinajstić information content (AvgIpc) is 2.07. The molecule has 0 aromatic rings. The smallest absolute Gasteiger partial charge is 0.209 e. The van der Waals surface area contributed by atoms with Gasteiger partial charge in [-0.25, -0.2) is 5.43 Å². The lowest BCUT2D eigenvalue weighted by Gasteiger charge is -2.31. The molecular formula is C6H14N4O. The number of nitrogens with one attached hydrogen (secondary N) is 1. The van der Waals surface area contributed by atoms with Crippen LogP contribution in [0, 0.1) is 0 Å². The summed E-state index contributed by atoms with van der Waals surface area (Å²) in [6, 6.07) is 0. The van der Waals surface area contributed by atoms with E-state index < -0.39 is 0 Å². The van der Waals surface area contributed by atoms with Gasteiger partial charge in [0.25, 0.3) is 0 Å². The molecule has 0 bridgehead atoms. The number of amides is 1. The Hall–Kier alpha value is -0.650. The number of piperazine rings is 1. The fraction of sp³-hybridized carbons (Fsp3) is 0.833. The Labute approximate surface area is 66.1 Å². The quantitative estimate of drug-likeness (QED) is 0.288. The zero-order valence-electron chi connectivity index (χ0n) is 6.49. The molecule has 1 saturated heterocycles. The van der Waals surface area contributed by atoms with Crippen LogP contribution in [-0.4, -0.2) is 49.1 Å². The molecule has 1 fully saturated rings. The van der Waals surface area contributed by atoms with Gasteiger partial charge in [0.05, 0.1) is 6.67 Å². The van der Waals surface area contributed by atoms with Gasteiger partial charge in [0, 0.05) is 26.2 Å². The van der Waals surface area contributed by atoms with Crippen molar-refractivity contribution in [1.82, 2.24) is 15.2 Å². The molecule has 64 valence electrons. The normalized spacial score (nSPS) is 20.3. The second kappa shape index (κ2) is 4.27. The minimum atomic E-state index is 0.701. The van der Waals surface area contributed by atoms with Crippen LogP contribution in [0.1, 0.15) is 0 Å². The zero-order valence-corrected chi connectivity index (χ0v) is 6.49. The summed E-state index contributed by atoms with van der Waals surface area (Å²) >= 11 is 0. The molecule has 1 amide bonds. The highest BCUT2D eigenvalue weighted by Gasteiger charge is 2.13. The Bertz CT molecular complexity index is 122. The Balaban J connectivity index is 2.18. The van der Waals surface area contributed by atoms with Gasteiger partial charge in [-0.05, 0) is 0 Å². The highest BCUT2D eigenvalue weighted by atomic mass is 16.1. The molecule has 1 aliphatic heterocycles. The first-order valence-electron chi connectivity index (χ1n) is 3.72. The second-order valence-electron chi connectivity index (χ2n) is 2.62. The number of hydrazine groups is 1. The fourth-order valence-electron chi connectivity index (χ4n) is 1.16. The van der Waals surface area contributed by atoms with E-state index in [0.717, 1.165) is 32.6 Å². The largest absolute Gasteiger partial charge is 0.343 e. The molecule has 3 N–H and O–H groups in total. The van der Waals surface area contributed by atoms with Crippen molar-refractivity contribution >= 4 is 6.41 Å². The third kappa shape index (κ3) is 2.45. The Kier molecular flexibility index (Phi) is 3.28. The van der Waals surface area contributed by atoms with Crippen molar-refractivity contribution in [2.75, 3.05) is 32.8 Å². The van der Waals surface area contributed by atoms with E-state index >= 15 is 0 Å². The molecule has 1 rings (SSSR count). The Morgan fingerprint density at radius 2 is 2.00 bits per heavy atom. The van der Waals surface area contributed by atoms with Gasteiger partial charge in [-0.15, -0.1) is 0 Å². The molecular weight excluding hydrogens is 144 g/mol. The third-order valence-electron chi connectivity index (χ3n) is 1.87. The number of rotatable bonds is 3. The summed E-state index contributed by atoms with van der Waals surface area (Å²) in [7, 11) is 0. The number of hydrogen-bond acceptors (Lipinski definition) is 4. The summed E-state index contributed by atoms with van der Waals surface area (Å²) in [4.78, 5) is 14.2. The van der Waals surface area contributed by atoms with Crippen LogP contribution >= 0.6 is 0 Å². The van der Waals surface area contributed by atoms with Crippen molar-refractivity contribution in [1.29, 1.82) is 0 Å². The first-order chi connectivity index (χ1) is 5.36. The lowest BCUT2D eigenvalue weighted by molar-refractivity contribution is -0.119. The summed E-state index contributed by atoms with van der Waals surface area (Å²) in [5.41, 5.74) is 2.59. The van der Waals surface area contributed by atoms with Gasteiger partial charge in [0.2, 0.25) is 6.41 Å². The molecule has 1 aliphatic rings. The van der Waals surface area contributed by atoms with Crippen molar-refractivity contribution in [2.45, 2.75) is 0 Å². The second-order valence-corrected chi connectivity index (χ2v) is 2.62. The van der Waals surface area contributed by atoms with Crippen LogP contribution in [0.3, 0.4) is 0 Å². The van der Waals surface area contributed by atoms with Gasteiger partial charge in [-0.3, -0.25) is 15.5 Å². The van der Waals surface area contributed by atoms with Gasteiger partial charge >= 0.3 is 0 Å². The number of nitrogens with zero attached hydrogens (tertiary/aromatic N) is 2. The maximum absolute atomic E-state index is 10.3. The molecule has 0 spiro atoms. The lowest BCUT2D eigenvalue weighted by atomic mass is 10.3. The van der Waals surface area contributed by atoms with Gasteiger partial charge in [-0.2, -0.15) is 0 Å². The van der Waals surface area contributed by atoms with Crippen molar-refractivity contribution < 1.29 is 4.79 Å². The van der Waals surface area contributed by atoms with E-state index in [1.54, 1.807) is 4.90 Å². The van der Waals surface area contributed by atoms with E-state index in [1.807, 2.05) is 0 Å². The maximum atomic E-state index is 10.3. The number of carbonyl (C=O) groups excluding carboxylic acids is 1. The maximum Gasteiger partial charge on any atom is 0.209 e. The zero-order chi connectivity index (χ0) is 8.10. The standard InChI is InChI=1S/C6H14N4O/c7-8-5-9-1-3-10(6-11)4-2-9/h6,8H,1-5,7H2. The first kappa shape index (κ1) is 8.45. The molecule has 0 aromatic carbocycles. The van der Waals surface area contributed by atoms with Crippen molar-refractivity contribution in [3.05, 3.63) is 0 Å². The highest BCUT2D eigenvalue weighted by molar-refractivity contribution is 5.47. The molecule has 5 heteroatoms. The van der Waals surface area contributed by atoms with Crippen molar-refractivity contribution in [2.24, 2.45) is 5.84 Å². The van der Waals surface area contributed by atoms with E-state index in [0.29, 0.717) is 6.67 Å². The first-order valence-corrected chi connectivity index (χ1v) is 3.72. The lowest BCUT2D eigenvalue weighted by Crippen LogP contribution is -2.49. The Morgan fingerprint density at radius 3 is 2.45 bits per heavy atom. The third-order valence-corrected chi connectivity index (χ3v) is 1.87. The fourth-order valence-corrected chi connectivity index (χ4v) is 1.16. The minimum Gasteiger partial charge on any atom is -0.343 e. The topological polar surface area (TPSA) is 61.6 Å². The molecule has 0 radical (unpaired) electrons. The molecule has 11 heavy (non-hydrogen) atoms. The van der Waals surface area contributed by atoms with Crippen LogP contribution in [0.25, 0.3) is 0 Å². The van der Waals surface area contributed by atoms with E-state index in [9.17, 15) is 4.79 Å². The van der Waals surface area contributed by atoms with Gasteiger partial charge in [0.15, 0.2) is 0 Å². The molecule has 0 aromatic heterocycles. The monoisotopic (exact) mass is 158 g/mol. The van der Waals surface area contributed by atoms with Crippen LogP contribution in [0.15, 0.2) is 0 Å². The van der Waals surface area contributed by atoms with E-state index in [4.69, 9.17) is 5.84 Å². The summed E-state index contributed by atoms with van der Waals surface area (Å²) in [5, 5.41) is 0. The highest BCUT2D eigenvalue weighted by Crippen LogP contribution is 1.96. The SMILES string of the molecule is NNCN1CCN(C=O)CC1. The number of hydrogen-bond donors (Lipinski definition) is 2.